The lowest BCUT2D eigenvalue weighted by molar-refractivity contribution is -0.133. The molecular weight excluding hydrogens is 360 g/mol. The van der Waals surface area contributed by atoms with Crippen LogP contribution in [0, 0.1) is 0 Å². The normalized spacial score (nSPS) is 11.1. The van der Waals surface area contributed by atoms with Crippen molar-refractivity contribution in [1.29, 1.82) is 0 Å². The molecule has 0 aliphatic rings. The van der Waals surface area contributed by atoms with Crippen molar-refractivity contribution in [2.24, 2.45) is 0 Å². The van der Waals surface area contributed by atoms with Crippen molar-refractivity contribution in [2.75, 3.05) is 12.4 Å². The topological polar surface area (TPSA) is 64.3 Å². The van der Waals surface area contributed by atoms with Crippen molar-refractivity contribution in [3.63, 3.8) is 0 Å². The molecule has 0 fully saturated rings. The number of thioether (sulfide) groups is 1. The molecule has 1 aromatic heterocycles. The Morgan fingerprint density at radius 1 is 1.04 bits per heavy atom. The van der Waals surface area contributed by atoms with Crippen LogP contribution in [-0.4, -0.2) is 33.0 Å². The smallest absolute Gasteiger partial charge is 0.313 e. The minimum atomic E-state index is -0.856. The number of carboxylic acid groups (broad SMARTS) is 1. The number of aromatic nitrogens is 2. The van der Waals surface area contributed by atoms with Gasteiger partial charge in [0.25, 0.3) is 0 Å². The number of ether oxygens (including phenoxy) is 1. The van der Waals surface area contributed by atoms with Gasteiger partial charge in [-0.25, -0.2) is 4.98 Å². The fourth-order valence-electron chi connectivity index (χ4n) is 3.07. The Hall–Kier alpha value is -2.99. The molecular formula is C21H18N2O3S. The lowest BCUT2D eigenvalue weighted by Crippen LogP contribution is -2.10. The van der Waals surface area contributed by atoms with E-state index in [1.807, 2.05) is 59.2 Å². The highest BCUT2D eigenvalue weighted by Crippen LogP contribution is 2.26. The quantitative estimate of drug-likeness (QED) is 0.482. The molecule has 0 aliphatic heterocycles. The van der Waals surface area contributed by atoms with E-state index in [0.29, 0.717) is 18.3 Å². The van der Waals surface area contributed by atoms with Crippen LogP contribution in [0.1, 0.15) is 0 Å². The summed E-state index contributed by atoms with van der Waals surface area (Å²) in [7, 11) is 0. The molecule has 5 nitrogen and oxygen atoms in total. The van der Waals surface area contributed by atoms with Crippen molar-refractivity contribution in [3.05, 3.63) is 66.7 Å². The molecule has 136 valence electrons. The van der Waals surface area contributed by atoms with Gasteiger partial charge < -0.3 is 14.4 Å². The Morgan fingerprint density at radius 2 is 1.81 bits per heavy atom. The average molecular weight is 378 g/mol. The van der Waals surface area contributed by atoms with Crippen LogP contribution in [0.25, 0.3) is 21.8 Å². The molecule has 0 bridgehead atoms. The summed E-state index contributed by atoms with van der Waals surface area (Å²) in [5.41, 5.74) is 1.84. The molecule has 6 heteroatoms. The second kappa shape index (κ2) is 7.72. The van der Waals surface area contributed by atoms with Crippen LogP contribution in [0.4, 0.5) is 0 Å². The number of imidazole rings is 1. The maximum atomic E-state index is 10.9. The number of benzene rings is 3. The van der Waals surface area contributed by atoms with Crippen LogP contribution in [0.2, 0.25) is 0 Å². The van der Waals surface area contributed by atoms with Crippen LogP contribution < -0.4 is 4.74 Å². The third-order valence-corrected chi connectivity index (χ3v) is 5.23. The third-order valence-electron chi connectivity index (χ3n) is 4.27. The lowest BCUT2D eigenvalue weighted by atomic mass is 10.1. The standard InChI is InChI=1S/C21H18N2O3S/c24-20(25)14-27-21-22-17-9-3-4-10-18(17)23(21)12-13-26-19-11-5-7-15-6-1-2-8-16(15)19/h1-11H,12-14H2,(H,24,25). The van der Waals surface area contributed by atoms with E-state index in [-0.39, 0.29) is 5.75 Å². The van der Waals surface area contributed by atoms with Gasteiger partial charge in [-0.05, 0) is 23.6 Å². The van der Waals surface area contributed by atoms with Crippen LogP contribution in [0.3, 0.4) is 0 Å². The summed E-state index contributed by atoms with van der Waals surface area (Å²) in [5, 5.41) is 11.9. The average Bonchev–Trinajstić information content (AvgIpc) is 3.04. The Balaban J connectivity index is 1.56. The zero-order chi connectivity index (χ0) is 18.6. The summed E-state index contributed by atoms with van der Waals surface area (Å²) in [6.45, 7) is 1.06. The molecule has 0 atom stereocenters. The highest BCUT2D eigenvalue weighted by molar-refractivity contribution is 7.99. The van der Waals surface area contributed by atoms with E-state index in [4.69, 9.17) is 9.84 Å². The number of carboxylic acids is 1. The van der Waals surface area contributed by atoms with Gasteiger partial charge in [0.05, 0.1) is 23.3 Å². The monoisotopic (exact) mass is 378 g/mol. The van der Waals surface area contributed by atoms with Crippen molar-refractivity contribution in [1.82, 2.24) is 9.55 Å². The third kappa shape index (κ3) is 3.75. The fraction of sp³-hybridized carbons (Fsp3) is 0.143. The fourth-order valence-corrected chi connectivity index (χ4v) is 3.84. The molecule has 0 aliphatic carbocycles. The number of aliphatic carboxylic acids is 1. The first-order chi connectivity index (χ1) is 13.2. The van der Waals surface area contributed by atoms with Crippen LogP contribution in [-0.2, 0) is 11.3 Å². The maximum Gasteiger partial charge on any atom is 0.313 e. The minimum Gasteiger partial charge on any atom is -0.491 e. The molecule has 0 spiro atoms. The Morgan fingerprint density at radius 3 is 2.70 bits per heavy atom. The van der Waals surface area contributed by atoms with E-state index in [2.05, 4.69) is 17.1 Å². The summed E-state index contributed by atoms with van der Waals surface area (Å²) in [5.74, 6) is -0.0316. The number of nitrogens with zero attached hydrogens (tertiary/aromatic N) is 2. The number of para-hydroxylation sites is 2. The van der Waals surface area contributed by atoms with E-state index in [0.717, 1.165) is 27.6 Å². The Kier molecular flexibility index (Phi) is 4.98. The maximum absolute atomic E-state index is 10.9. The molecule has 0 saturated heterocycles. The Labute approximate surface area is 160 Å². The van der Waals surface area contributed by atoms with Gasteiger partial charge in [-0.2, -0.15) is 0 Å². The number of hydrogen-bond acceptors (Lipinski definition) is 4. The van der Waals surface area contributed by atoms with Gasteiger partial charge in [-0.15, -0.1) is 0 Å². The van der Waals surface area contributed by atoms with Gasteiger partial charge in [0, 0.05) is 5.39 Å². The largest absolute Gasteiger partial charge is 0.491 e. The zero-order valence-corrected chi connectivity index (χ0v) is 15.4. The lowest BCUT2D eigenvalue weighted by Gasteiger charge is -2.12. The first kappa shape index (κ1) is 17.4. The van der Waals surface area contributed by atoms with Gasteiger partial charge in [-0.3, -0.25) is 4.79 Å². The van der Waals surface area contributed by atoms with E-state index < -0.39 is 5.97 Å². The van der Waals surface area contributed by atoms with Gasteiger partial charge in [0.1, 0.15) is 12.4 Å². The van der Waals surface area contributed by atoms with Gasteiger partial charge >= 0.3 is 5.97 Å². The van der Waals surface area contributed by atoms with Crippen molar-refractivity contribution in [3.8, 4) is 5.75 Å². The van der Waals surface area contributed by atoms with E-state index >= 15 is 0 Å². The summed E-state index contributed by atoms with van der Waals surface area (Å²) in [6.07, 6.45) is 0. The van der Waals surface area contributed by atoms with Crippen LogP contribution in [0.15, 0.2) is 71.9 Å². The molecule has 0 saturated carbocycles. The number of carbonyl (C=O) groups is 1. The molecule has 3 aromatic carbocycles. The molecule has 4 aromatic rings. The predicted octanol–water partition coefficient (Wildman–Crippen LogP) is 4.45. The second-order valence-corrected chi connectivity index (χ2v) is 6.99. The van der Waals surface area contributed by atoms with Gasteiger partial charge in [0.15, 0.2) is 5.16 Å². The second-order valence-electron chi connectivity index (χ2n) is 6.04. The zero-order valence-electron chi connectivity index (χ0n) is 14.5. The summed E-state index contributed by atoms with van der Waals surface area (Å²) in [6, 6.07) is 21.9. The van der Waals surface area contributed by atoms with Gasteiger partial charge in [-0.1, -0.05) is 60.3 Å². The van der Waals surface area contributed by atoms with E-state index in [9.17, 15) is 4.79 Å². The van der Waals surface area contributed by atoms with E-state index in [1.54, 1.807) is 0 Å². The number of rotatable bonds is 7. The summed E-state index contributed by atoms with van der Waals surface area (Å²) >= 11 is 1.23. The molecule has 27 heavy (non-hydrogen) atoms. The van der Waals surface area contributed by atoms with E-state index in [1.165, 1.54) is 11.8 Å². The number of fused-ring (bicyclic) bond motifs is 2. The molecule has 0 amide bonds. The van der Waals surface area contributed by atoms with Gasteiger partial charge in [0.2, 0.25) is 0 Å². The molecule has 0 radical (unpaired) electrons. The van der Waals surface area contributed by atoms with Crippen molar-refractivity contribution < 1.29 is 14.6 Å². The highest BCUT2D eigenvalue weighted by atomic mass is 32.2. The molecule has 4 rings (SSSR count). The van der Waals surface area contributed by atoms with Crippen molar-refractivity contribution >= 4 is 39.5 Å². The van der Waals surface area contributed by atoms with Crippen LogP contribution >= 0.6 is 11.8 Å². The summed E-state index contributed by atoms with van der Waals surface area (Å²) in [4.78, 5) is 15.5. The summed E-state index contributed by atoms with van der Waals surface area (Å²) < 4.78 is 8.07. The number of hydrogen-bond donors (Lipinski definition) is 1. The van der Waals surface area contributed by atoms with Crippen molar-refractivity contribution in [2.45, 2.75) is 11.7 Å². The Bertz CT molecular complexity index is 1100. The highest BCUT2D eigenvalue weighted by Gasteiger charge is 2.12. The first-order valence-electron chi connectivity index (χ1n) is 8.63. The SMILES string of the molecule is O=C(O)CSc1nc2ccccc2n1CCOc1cccc2ccccc12. The molecule has 1 heterocycles. The van der Waals surface area contributed by atoms with Crippen LogP contribution in [0.5, 0.6) is 5.75 Å². The molecule has 0 unspecified atom stereocenters. The minimum absolute atomic E-state index is 0.0203. The first-order valence-corrected chi connectivity index (χ1v) is 9.61. The predicted molar refractivity (Wildman–Crippen MR) is 108 cm³/mol. The molecule has 1 N–H and O–H groups in total.